The summed E-state index contributed by atoms with van der Waals surface area (Å²) in [5.41, 5.74) is -0.759. The van der Waals surface area contributed by atoms with Crippen LogP contribution in [0.3, 0.4) is 0 Å². The van der Waals surface area contributed by atoms with Crippen LogP contribution in [0.1, 0.15) is 40.5 Å². The molecular formula is C9H16O2. The Morgan fingerprint density at radius 3 is 2.18 bits per heavy atom. The summed E-state index contributed by atoms with van der Waals surface area (Å²) in [5, 5.41) is 0. The van der Waals surface area contributed by atoms with Crippen molar-refractivity contribution in [2.45, 2.75) is 51.7 Å². The summed E-state index contributed by atoms with van der Waals surface area (Å²) in [4.78, 5) is 11.3. The maximum Gasteiger partial charge on any atom is 0.166 e. The van der Waals surface area contributed by atoms with Gasteiger partial charge in [0.15, 0.2) is 5.78 Å². The van der Waals surface area contributed by atoms with Gasteiger partial charge in [0.25, 0.3) is 0 Å². The van der Waals surface area contributed by atoms with Crippen molar-refractivity contribution in [3.63, 3.8) is 0 Å². The maximum absolute atomic E-state index is 11.3. The molecule has 0 spiro atoms. The Morgan fingerprint density at radius 1 is 1.45 bits per heavy atom. The molecule has 2 nitrogen and oxygen atoms in total. The average molecular weight is 156 g/mol. The van der Waals surface area contributed by atoms with Crippen LogP contribution in [0.25, 0.3) is 0 Å². The largest absolute Gasteiger partial charge is 0.361 e. The molecule has 0 aromatic rings. The Balaban J connectivity index is 2.79. The lowest BCUT2D eigenvalue weighted by Crippen LogP contribution is -2.30. The first kappa shape index (κ1) is 8.72. The van der Waals surface area contributed by atoms with Gasteiger partial charge in [-0.25, -0.2) is 0 Å². The van der Waals surface area contributed by atoms with Crippen molar-refractivity contribution in [2.24, 2.45) is 0 Å². The monoisotopic (exact) mass is 156 g/mol. The standard InChI is InChI=1S/C9H16O2/c1-5-9(4)6-7(10)8(2,3)11-9/h5-6H2,1-4H3. The second-order valence-corrected chi connectivity index (χ2v) is 4.02. The second-order valence-electron chi connectivity index (χ2n) is 4.02. The van der Waals surface area contributed by atoms with Crippen LogP contribution in [0.15, 0.2) is 0 Å². The lowest BCUT2D eigenvalue weighted by molar-refractivity contribution is -0.133. The first-order valence-corrected chi connectivity index (χ1v) is 4.13. The minimum atomic E-state index is -0.551. The van der Waals surface area contributed by atoms with E-state index in [1.54, 1.807) is 0 Å². The zero-order chi connectivity index (χ0) is 8.70. The van der Waals surface area contributed by atoms with Crippen molar-refractivity contribution >= 4 is 5.78 Å². The van der Waals surface area contributed by atoms with Gasteiger partial charge in [0.05, 0.1) is 5.60 Å². The number of Topliss-reactive ketones (excluding diaryl/α,β-unsaturated/α-hetero) is 1. The quantitative estimate of drug-likeness (QED) is 0.579. The number of ketones is 1. The van der Waals surface area contributed by atoms with Crippen molar-refractivity contribution in [3.8, 4) is 0 Å². The van der Waals surface area contributed by atoms with Crippen LogP contribution in [0, 0.1) is 0 Å². The first-order valence-electron chi connectivity index (χ1n) is 4.13. The Morgan fingerprint density at radius 2 is 2.00 bits per heavy atom. The number of ether oxygens (including phenoxy) is 1. The molecule has 0 amide bonds. The van der Waals surface area contributed by atoms with Gasteiger partial charge in [0.2, 0.25) is 0 Å². The molecule has 0 radical (unpaired) electrons. The fourth-order valence-corrected chi connectivity index (χ4v) is 1.46. The summed E-state index contributed by atoms with van der Waals surface area (Å²) in [7, 11) is 0. The lowest BCUT2D eigenvalue weighted by atomic mass is 9.96. The number of hydrogen-bond donors (Lipinski definition) is 0. The SMILES string of the molecule is CCC1(C)CC(=O)C(C)(C)O1. The van der Waals surface area contributed by atoms with Crippen molar-refractivity contribution in [1.82, 2.24) is 0 Å². The van der Waals surface area contributed by atoms with Crippen molar-refractivity contribution < 1.29 is 9.53 Å². The highest BCUT2D eigenvalue weighted by atomic mass is 16.5. The fraction of sp³-hybridized carbons (Fsp3) is 0.889. The van der Waals surface area contributed by atoms with Crippen LogP contribution >= 0.6 is 0 Å². The van der Waals surface area contributed by atoms with Crippen LogP contribution < -0.4 is 0 Å². The Labute approximate surface area is 67.9 Å². The van der Waals surface area contributed by atoms with Crippen molar-refractivity contribution in [1.29, 1.82) is 0 Å². The van der Waals surface area contributed by atoms with Gasteiger partial charge in [-0.05, 0) is 27.2 Å². The molecule has 1 atom stereocenters. The molecule has 0 aromatic carbocycles. The third-order valence-corrected chi connectivity index (χ3v) is 2.46. The Bertz CT molecular complexity index is 184. The molecule has 0 aromatic heterocycles. The van der Waals surface area contributed by atoms with Gasteiger partial charge in [0.1, 0.15) is 5.60 Å². The summed E-state index contributed by atoms with van der Waals surface area (Å²) >= 11 is 0. The predicted octanol–water partition coefficient (Wildman–Crippen LogP) is 1.92. The molecule has 1 rings (SSSR count). The van der Waals surface area contributed by atoms with E-state index in [1.807, 2.05) is 20.8 Å². The van der Waals surface area contributed by atoms with Crippen LogP contribution in [0.4, 0.5) is 0 Å². The second kappa shape index (κ2) is 2.31. The van der Waals surface area contributed by atoms with E-state index >= 15 is 0 Å². The van der Waals surface area contributed by atoms with Crippen molar-refractivity contribution in [2.75, 3.05) is 0 Å². The van der Waals surface area contributed by atoms with Gasteiger partial charge in [-0.3, -0.25) is 4.79 Å². The summed E-state index contributed by atoms with van der Waals surface area (Å²) in [6.45, 7) is 7.74. The number of carbonyl (C=O) groups is 1. The highest BCUT2D eigenvalue weighted by Gasteiger charge is 2.46. The number of carbonyl (C=O) groups excluding carboxylic acids is 1. The van der Waals surface area contributed by atoms with E-state index in [4.69, 9.17) is 4.74 Å². The normalized spacial score (nSPS) is 36.2. The Hall–Kier alpha value is -0.370. The van der Waals surface area contributed by atoms with Gasteiger partial charge in [0, 0.05) is 6.42 Å². The average Bonchev–Trinajstić information content (AvgIpc) is 2.04. The zero-order valence-corrected chi connectivity index (χ0v) is 7.73. The molecular weight excluding hydrogens is 140 g/mol. The topological polar surface area (TPSA) is 26.3 Å². The fourth-order valence-electron chi connectivity index (χ4n) is 1.46. The molecule has 1 fully saturated rings. The molecule has 0 aliphatic carbocycles. The third kappa shape index (κ3) is 1.45. The van der Waals surface area contributed by atoms with E-state index in [-0.39, 0.29) is 11.4 Å². The third-order valence-electron chi connectivity index (χ3n) is 2.46. The molecule has 1 unspecified atom stereocenters. The number of hydrogen-bond acceptors (Lipinski definition) is 2. The van der Waals surface area contributed by atoms with Gasteiger partial charge in [-0.15, -0.1) is 0 Å². The molecule has 1 saturated heterocycles. The molecule has 0 saturated carbocycles. The van der Waals surface area contributed by atoms with Gasteiger partial charge >= 0.3 is 0 Å². The summed E-state index contributed by atoms with van der Waals surface area (Å²) < 4.78 is 5.65. The van der Waals surface area contributed by atoms with Gasteiger partial charge in [-0.2, -0.15) is 0 Å². The van der Waals surface area contributed by atoms with Crippen molar-refractivity contribution in [3.05, 3.63) is 0 Å². The highest BCUT2D eigenvalue weighted by Crippen LogP contribution is 2.36. The van der Waals surface area contributed by atoms with E-state index in [2.05, 4.69) is 6.92 Å². The van der Waals surface area contributed by atoms with E-state index in [0.717, 1.165) is 6.42 Å². The summed E-state index contributed by atoms with van der Waals surface area (Å²) in [6, 6.07) is 0. The molecule has 0 N–H and O–H groups in total. The summed E-state index contributed by atoms with van der Waals surface area (Å²) in [6.07, 6.45) is 1.47. The molecule has 1 heterocycles. The van der Waals surface area contributed by atoms with E-state index < -0.39 is 5.60 Å². The highest BCUT2D eigenvalue weighted by molar-refractivity contribution is 5.89. The predicted molar refractivity (Wildman–Crippen MR) is 43.5 cm³/mol. The maximum atomic E-state index is 11.3. The van der Waals surface area contributed by atoms with E-state index in [0.29, 0.717) is 6.42 Å². The molecule has 0 bridgehead atoms. The number of rotatable bonds is 1. The minimum absolute atomic E-state index is 0.208. The van der Waals surface area contributed by atoms with Crippen LogP contribution in [0.2, 0.25) is 0 Å². The molecule has 1 aliphatic heterocycles. The van der Waals surface area contributed by atoms with E-state index in [9.17, 15) is 4.79 Å². The molecule has 2 heteroatoms. The zero-order valence-electron chi connectivity index (χ0n) is 7.73. The minimum Gasteiger partial charge on any atom is -0.361 e. The first-order chi connectivity index (χ1) is 4.90. The molecule has 11 heavy (non-hydrogen) atoms. The van der Waals surface area contributed by atoms with Crippen LogP contribution in [-0.2, 0) is 9.53 Å². The lowest BCUT2D eigenvalue weighted by Gasteiger charge is -2.24. The Kier molecular flexibility index (Phi) is 1.83. The molecule has 1 aliphatic rings. The summed E-state index contributed by atoms with van der Waals surface area (Å²) in [5.74, 6) is 0.224. The molecule has 64 valence electrons. The van der Waals surface area contributed by atoms with Crippen LogP contribution in [0.5, 0.6) is 0 Å². The van der Waals surface area contributed by atoms with Crippen LogP contribution in [-0.4, -0.2) is 17.0 Å². The van der Waals surface area contributed by atoms with Gasteiger partial charge in [-0.1, -0.05) is 6.92 Å². The smallest absolute Gasteiger partial charge is 0.166 e. The van der Waals surface area contributed by atoms with E-state index in [1.165, 1.54) is 0 Å². The van der Waals surface area contributed by atoms with Gasteiger partial charge < -0.3 is 4.74 Å².